The third kappa shape index (κ3) is 5.06. The SMILES string of the molecule is CCCCc1[nH]n(C)c(=O)c1Cc1ccc(NC(=O)c2c(Cl)ccc(Cl)c2C(=O)O)cc1. The number of rotatable bonds is 8. The van der Waals surface area contributed by atoms with Crippen molar-refractivity contribution in [2.75, 3.05) is 5.32 Å². The van der Waals surface area contributed by atoms with E-state index in [4.69, 9.17) is 23.2 Å². The molecule has 168 valence electrons. The molecule has 1 heterocycles. The van der Waals surface area contributed by atoms with Crippen molar-refractivity contribution in [2.24, 2.45) is 7.05 Å². The van der Waals surface area contributed by atoms with Crippen LogP contribution in [-0.4, -0.2) is 26.8 Å². The minimum Gasteiger partial charge on any atom is -0.478 e. The van der Waals surface area contributed by atoms with Gasteiger partial charge in [0.1, 0.15) is 0 Å². The maximum atomic E-state index is 12.7. The molecule has 32 heavy (non-hydrogen) atoms. The van der Waals surface area contributed by atoms with Crippen molar-refractivity contribution in [3.05, 3.63) is 84.7 Å². The fourth-order valence-electron chi connectivity index (χ4n) is 3.48. The lowest BCUT2D eigenvalue weighted by molar-refractivity contribution is 0.0692. The Morgan fingerprint density at radius 1 is 1.06 bits per heavy atom. The number of carboxylic acid groups (broad SMARTS) is 1. The number of anilines is 1. The first-order chi connectivity index (χ1) is 15.2. The van der Waals surface area contributed by atoms with Gasteiger partial charge in [0, 0.05) is 30.4 Å². The number of aromatic carboxylic acids is 1. The summed E-state index contributed by atoms with van der Waals surface area (Å²) in [6.45, 7) is 2.10. The summed E-state index contributed by atoms with van der Waals surface area (Å²) in [5.74, 6) is -2.02. The molecule has 0 unspecified atom stereocenters. The molecule has 0 fully saturated rings. The molecule has 9 heteroatoms. The third-order valence-electron chi connectivity index (χ3n) is 5.15. The number of aromatic amines is 1. The number of carbonyl (C=O) groups is 2. The van der Waals surface area contributed by atoms with Crippen LogP contribution in [-0.2, 0) is 19.9 Å². The van der Waals surface area contributed by atoms with Crippen molar-refractivity contribution in [1.82, 2.24) is 9.78 Å². The molecule has 0 bridgehead atoms. The molecule has 3 N–H and O–H groups in total. The summed E-state index contributed by atoms with van der Waals surface area (Å²) in [6, 6.07) is 9.71. The highest BCUT2D eigenvalue weighted by atomic mass is 35.5. The first-order valence-electron chi connectivity index (χ1n) is 10.1. The standard InChI is InChI=1S/C23H23Cl2N3O4/c1-3-4-5-18-15(22(30)28(2)27-18)12-13-6-8-14(9-7-13)26-21(29)19-16(24)10-11-17(25)20(19)23(31)32/h6-11,27H,3-5,12H2,1-2H3,(H,26,29)(H,31,32). The zero-order valence-electron chi connectivity index (χ0n) is 17.7. The van der Waals surface area contributed by atoms with E-state index in [1.807, 2.05) is 12.1 Å². The zero-order chi connectivity index (χ0) is 23.4. The van der Waals surface area contributed by atoms with Crippen LogP contribution < -0.4 is 10.9 Å². The van der Waals surface area contributed by atoms with Gasteiger partial charge in [0.25, 0.3) is 11.5 Å². The second-order valence-electron chi connectivity index (χ2n) is 7.45. The number of carboxylic acids is 1. The molecule has 0 atom stereocenters. The Balaban J connectivity index is 1.80. The summed E-state index contributed by atoms with van der Waals surface area (Å²) in [7, 11) is 1.70. The number of carbonyl (C=O) groups excluding carboxylic acids is 1. The maximum absolute atomic E-state index is 12.7. The number of aromatic nitrogens is 2. The van der Waals surface area contributed by atoms with Crippen LogP contribution in [0.25, 0.3) is 0 Å². The Kier molecular flexibility index (Phi) is 7.43. The van der Waals surface area contributed by atoms with Crippen molar-refractivity contribution in [2.45, 2.75) is 32.6 Å². The quantitative estimate of drug-likeness (QED) is 0.430. The molecule has 2 aromatic carbocycles. The predicted octanol–water partition coefficient (Wildman–Crippen LogP) is 4.90. The highest BCUT2D eigenvalue weighted by molar-refractivity contribution is 6.39. The molecule has 0 aliphatic rings. The second kappa shape index (κ2) is 10.1. The number of halogens is 2. The van der Waals surface area contributed by atoms with Gasteiger partial charge < -0.3 is 10.4 Å². The normalized spacial score (nSPS) is 10.9. The number of aryl methyl sites for hydroxylation is 2. The number of hydrogen-bond donors (Lipinski definition) is 3. The number of nitrogens with zero attached hydrogens (tertiary/aromatic N) is 1. The Labute approximate surface area is 195 Å². The minimum atomic E-state index is -1.34. The molecule has 0 saturated heterocycles. The molecule has 0 aliphatic heterocycles. The van der Waals surface area contributed by atoms with Gasteiger partial charge in [0.15, 0.2) is 0 Å². The lowest BCUT2D eigenvalue weighted by Gasteiger charge is -2.11. The second-order valence-corrected chi connectivity index (χ2v) is 8.26. The van der Waals surface area contributed by atoms with Crippen molar-refractivity contribution in [3.8, 4) is 0 Å². The van der Waals surface area contributed by atoms with Gasteiger partial charge in [0.2, 0.25) is 0 Å². The van der Waals surface area contributed by atoms with Gasteiger partial charge in [-0.05, 0) is 42.7 Å². The van der Waals surface area contributed by atoms with E-state index in [0.29, 0.717) is 12.1 Å². The number of amides is 1. The molecule has 3 rings (SSSR count). The molecule has 0 aliphatic carbocycles. The van der Waals surface area contributed by atoms with E-state index < -0.39 is 11.9 Å². The molecule has 3 aromatic rings. The van der Waals surface area contributed by atoms with Crippen LogP contribution in [0.4, 0.5) is 5.69 Å². The van der Waals surface area contributed by atoms with E-state index in [-0.39, 0.29) is 26.7 Å². The number of nitrogens with one attached hydrogen (secondary N) is 2. The predicted molar refractivity (Wildman–Crippen MR) is 125 cm³/mol. The summed E-state index contributed by atoms with van der Waals surface area (Å²) in [4.78, 5) is 36.7. The Bertz CT molecular complexity index is 1210. The minimum absolute atomic E-state index is 0.0103. The van der Waals surface area contributed by atoms with Gasteiger partial charge in [-0.25, -0.2) is 4.79 Å². The van der Waals surface area contributed by atoms with Crippen molar-refractivity contribution >= 4 is 40.8 Å². The molecule has 1 aromatic heterocycles. The highest BCUT2D eigenvalue weighted by Crippen LogP contribution is 2.28. The largest absolute Gasteiger partial charge is 0.478 e. The summed E-state index contributed by atoms with van der Waals surface area (Å²) < 4.78 is 1.49. The van der Waals surface area contributed by atoms with Crippen molar-refractivity contribution in [3.63, 3.8) is 0 Å². The van der Waals surface area contributed by atoms with Crippen LogP contribution in [0.1, 0.15) is 57.3 Å². The van der Waals surface area contributed by atoms with Crippen LogP contribution in [0.2, 0.25) is 10.0 Å². The summed E-state index contributed by atoms with van der Waals surface area (Å²) >= 11 is 12.0. The van der Waals surface area contributed by atoms with Crippen LogP contribution in [0, 0.1) is 0 Å². The van der Waals surface area contributed by atoms with Crippen LogP contribution in [0.3, 0.4) is 0 Å². The van der Waals surface area contributed by atoms with Gasteiger partial charge in [-0.2, -0.15) is 0 Å². The third-order valence-corrected chi connectivity index (χ3v) is 5.78. The highest BCUT2D eigenvalue weighted by Gasteiger charge is 2.23. The first kappa shape index (κ1) is 23.6. The Morgan fingerprint density at radius 3 is 2.28 bits per heavy atom. The van der Waals surface area contributed by atoms with E-state index >= 15 is 0 Å². The monoisotopic (exact) mass is 475 g/mol. The number of H-pyrrole nitrogens is 1. The molecule has 0 spiro atoms. The zero-order valence-corrected chi connectivity index (χ0v) is 19.2. The Morgan fingerprint density at radius 2 is 1.69 bits per heavy atom. The first-order valence-corrected chi connectivity index (χ1v) is 10.9. The summed E-state index contributed by atoms with van der Waals surface area (Å²) in [5.41, 5.74) is 2.43. The Hall–Kier alpha value is -3.03. The van der Waals surface area contributed by atoms with Gasteiger partial charge in [0.05, 0.1) is 21.2 Å². The molecule has 0 saturated carbocycles. The van der Waals surface area contributed by atoms with Crippen LogP contribution in [0.5, 0.6) is 0 Å². The van der Waals surface area contributed by atoms with E-state index in [9.17, 15) is 19.5 Å². The van der Waals surface area contributed by atoms with Crippen LogP contribution in [0.15, 0.2) is 41.2 Å². The topological polar surface area (TPSA) is 104 Å². The fourth-order valence-corrected chi connectivity index (χ4v) is 3.96. The van der Waals surface area contributed by atoms with E-state index in [1.165, 1.54) is 16.8 Å². The fraction of sp³-hybridized carbons (Fsp3) is 0.261. The molecule has 1 amide bonds. The molecular formula is C23H23Cl2N3O4. The maximum Gasteiger partial charge on any atom is 0.338 e. The van der Waals surface area contributed by atoms with Gasteiger partial charge >= 0.3 is 5.97 Å². The summed E-state index contributed by atoms with van der Waals surface area (Å²) in [5, 5.41) is 15.1. The van der Waals surface area contributed by atoms with Crippen molar-refractivity contribution in [1.29, 1.82) is 0 Å². The molecule has 0 radical (unpaired) electrons. The number of unbranched alkanes of at least 4 members (excludes halogenated alkanes) is 1. The lowest BCUT2D eigenvalue weighted by atomic mass is 10.0. The van der Waals surface area contributed by atoms with Gasteiger partial charge in [-0.1, -0.05) is 48.7 Å². The van der Waals surface area contributed by atoms with E-state index in [2.05, 4.69) is 17.3 Å². The molecule has 7 nitrogen and oxygen atoms in total. The molecular weight excluding hydrogens is 453 g/mol. The van der Waals surface area contributed by atoms with E-state index in [0.717, 1.165) is 36.1 Å². The number of hydrogen-bond acceptors (Lipinski definition) is 3. The number of benzene rings is 2. The average molecular weight is 476 g/mol. The van der Waals surface area contributed by atoms with Gasteiger partial charge in [-0.3, -0.25) is 19.4 Å². The van der Waals surface area contributed by atoms with Crippen molar-refractivity contribution < 1.29 is 14.7 Å². The van der Waals surface area contributed by atoms with Gasteiger partial charge in [-0.15, -0.1) is 0 Å². The average Bonchev–Trinajstić information content (AvgIpc) is 3.02. The summed E-state index contributed by atoms with van der Waals surface area (Å²) in [6.07, 6.45) is 3.29. The van der Waals surface area contributed by atoms with E-state index in [1.54, 1.807) is 19.2 Å². The van der Waals surface area contributed by atoms with Crippen LogP contribution >= 0.6 is 23.2 Å². The smallest absolute Gasteiger partial charge is 0.338 e. The lowest BCUT2D eigenvalue weighted by Crippen LogP contribution is -2.17.